The number of anilines is 1. The van der Waals surface area contributed by atoms with Gasteiger partial charge in [0.05, 0.1) is 34.4 Å². The number of nitrogens with one attached hydrogen (secondary N) is 1. The van der Waals surface area contributed by atoms with Crippen molar-refractivity contribution in [2.45, 2.75) is 20.0 Å². The summed E-state index contributed by atoms with van der Waals surface area (Å²) in [5.41, 5.74) is 0.903. The molecular weight excluding hydrogens is 459 g/mol. The second-order valence-corrected chi connectivity index (χ2v) is 6.40. The molecule has 0 aromatic heterocycles. The lowest BCUT2D eigenvalue weighted by Crippen LogP contribution is -2.07. The number of nitro benzene ring substituents is 1. The fourth-order valence-corrected chi connectivity index (χ4v) is 2.80. The van der Waals surface area contributed by atoms with Crippen molar-refractivity contribution in [1.29, 1.82) is 0 Å². The van der Waals surface area contributed by atoms with Gasteiger partial charge in [0.15, 0.2) is 0 Å². The number of alkyl halides is 3. The molecule has 11 heteroatoms. The first-order chi connectivity index (χ1) is 13.7. The predicted molar refractivity (Wildman–Crippen MR) is 106 cm³/mol. The predicted octanol–water partition coefficient (Wildman–Crippen LogP) is 5.62. The average molecular weight is 476 g/mol. The minimum Gasteiger partial charge on any atom is -0.493 e. The third-order valence-electron chi connectivity index (χ3n) is 3.57. The number of benzene rings is 2. The van der Waals surface area contributed by atoms with Gasteiger partial charge in [-0.25, -0.2) is 0 Å². The lowest BCUT2D eigenvalue weighted by atomic mass is 10.1. The van der Waals surface area contributed by atoms with Gasteiger partial charge in [0.1, 0.15) is 17.2 Å². The maximum Gasteiger partial charge on any atom is 0.416 e. The zero-order valence-electron chi connectivity index (χ0n) is 15.4. The second-order valence-electron chi connectivity index (χ2n) is 5.54. The van der Waals surface area contributed by atoms with Gasteiger partial charge in [-0.05, 0) is 48.0 Å². The van der Waals surface area contributed by atoms with Crippen LogP contribution in [0.5, 0.6) is 11.5 Å². The first-order valence-electron chi connectivity index (χ1n) is 8.41. The van der Waals surface area contributed by atoms with Crippen LogP contribution >= 0.6 is 15.9 Å². The van der Waals surface area contributed by atoms with Crippen LogP contribution in [-0.4, -0.2) is 24.4 Å². The number of hydrazone groups is 1. The summed E-state index contributed by atoms with van der Waals surface area (Å²) in [6.45, 7) is 4.47. The smallest absolute Gasteiger partial charge is 0.416 e. The number of halogens is 4. The van der Waals surface area contributed by atoms with E-state index in [1.54, 1.807) is 19.1 Å². The minimum absolute atomic E-state index is 0.179. The molecule has 0 saturated carbocycles. The highest BCUT2D eigenvalue weighted by Crippen LogP contribution is 2.35. The summed E-state index contributed by atoms with van der Waals surface area (Å²) in [6.07, 6.45) is -3.35. The molecule has 2 rings (SSSR count). The molecule has 0 atom stereocenters. The molecule has 0 heterocycles. The van der Waals surface area contributed by atoms with Crippen LogP contribution in [-0.2, 0) is 6.18 Å². The molecule has 0 saturated heterocycles. The van der Waals surface area contributed by atoms with Gasteiger partial charge < -0.3 is 9.47 Å². The van der Waals surface area contributed by atoms with Crippen molar-refractivity contribution in [3.8, 4) is 11.5 Å². The second kappa shape index (κ2) is 9.59. The van der Waals surface area contributed by atoms with Crippen molar-refractivity contribution < 1.29 is 27.6 Å². The van der Waals surface area contributed by atoms with E-state index in [9.17, 15) is 23.3 Å². The first-order valence-corrected chi connectivity index (χ1v) is 9.20. The van der Waals surface area contributed by atoms with E-state index in [2.05, 4.69) is 26.5 Å². The third-order valence-corrected chi connectivity index (χ3v) is 4.19. The van der Waals surface area contributed by atoms with Crippen LogP contribution in [0.15, 0.2) is 39.9 Å². The number of hydrogen-bond acceptors (Lipinski definition) is 6. The number of hydrogen-bond donors (Lipinski definition) is 1. The monoisotopic (exact) mass is 475 g/mol. The van der Waals surface area contributed by atoms with Gasteiger partial charge in [-0.2, -0.15) is 18.3 Å². The zero-order chi connectivity index (χ0) is 21.6. The van der Waals surface area contributed by atoms with Crippen LogP contribution in [0.3, 0.4) is 0 Å². The summed E-state index contributed by atoms with van der Waals surface area (Å²) >= 11 is 3.37. The molecule has 0 bridgehead atoms. The highest BCUT2D eigenvalue weighted by atomic mass is 79.9. The summed E-state index contributed by atoms with van der Waals surface area (Å²) in [5, 5.41) is 15.0. The molecule has 0 aliphatic rings. The Morgan fingerprint density at radius 2 is 1.83 bits per heavy atom. The molecule has 0 unspecified atom stereocenters. The minimum atomic E-state index is -4.69. The van der Waals surface area contributed by atoms with E-state index in [1.807, 2.05) is 6.92 Å². The Hall–Kier alpha value is -2.82. The first kappa shape index (κ1) is 22.5. The van der Waals surface area contributed by atoms with E-state index in [0.29, 0.717) is 40.8 Å². The summed E-state index contributed by atoms with van der Waals surface area (Å²) in [7, 11) is 0. The molecule has 0 amide bonds. The molecule has 0 fully saturated rings. The van der Waals surface area contributed by atoms with Crippen molar-refractivity contribution in [3.05, 3.63) is 56.0 Å². The van der Waals surface area contributed by atoms with E-state index in [-0.39, 0.29) is 5.69 Å². The van der Waals surface area contributed by atoms with Gasteiger partial charge in [0.2, 0.25) is 0 Å². The molecule has 7 nitrogen and oxygen atoms in total. The van der Waals surface area contributed by atoms with E-state index in [0.717, 1.165) is 12.1 Å². The molecule has 2 aromatic rings. The van der Waals surface area contributed by atoms with Gasteiger partial charge in [0.25, 0.3) is 5.69 Å². The van der Waals surface area contributed by atoms with Crippen LogP contribution in [0.2, 0.25) is 0 Å². The Labute approximate surface area is 172 Å². The Balaban J connectivity index is 2.31. The van der Waals surface area contributed by atoms with E-state index in [4.69, 9.17) is 9.47 Å². The normalized spacial score (nSPS) is 11.5. The van der Waals surface area contributed by atoms with E-state index < -0.39 is 22.4 Å². The van der Waals surface area contributed by atoms with Gasteiger partial charge in [-0.3, -0.25) is 15.5 Å². The molecule has 0 spiro atoms. The van der Waals surface area contributed by atoms with Gasteiger partial charge in [0, 0.05) is 17.7 Å². The standard InChI is InChI=1S/C18H17BrF3N3O4/c1-3-28-16-9-17(29-4-2)13(19)7-11(16)10-23-24-14-6-5-12(18(20,21)22)8-15(14)25(26)27/h5-10,24H,3-4H2,1-2H3/b23-10-. The SMILES string of the molecule is CCOc1cc(OCC)c(/C=N\Nc2ccc(C(F)(F)F)cc2[N+](=O)[O-])cc1Br. The van der Waals surface area contributed by atoms with Gasteiger partial charge in [-0.1, -0.05) is 0 Å². The lowest BCUT2D eigenvalue weighted by molar-refractivity contribution is -0.384. The zero-order valence-corrected chi connectivity index (χ0v) is 17.0. The molecule has 2 aromatic carbocycles. The van der Waals surface area contributed by atoms with Crippen LogP contribution < -0.4 is 14.9 Å². The fourth-order valence-electron chi connectivity index (χ4n) is 2.32. The van der Waals surface area contributed by atoms with Crippen LogP contribution in [0, 0.1) is 10.1 Å². The quantitative estimate of drug-likeness (QED) is 0.304. The highest BCUT2D eigenvalue weighted by Gasteiger charge is 2.33. The summed E-state index contributed by atoms with van der Waals surface area (Å²) in [6, 6.07) is 5.50. The third kappa shape index (κ3) is 5.83. The van der Waals surface area contributed by atoms with Crippen molar-refractivity contribution in [2.75, 3.05) is 18.6 Å². The molecule has 1 N–H and O–H groups in total. The fraction of sp³-hybridized carbons (Fsp3) is 0.278. The maximum absolute atomic E-state index is 12.8. The molecule has 156 valence electrons. The number of nitro groups is 1. The van der Waals surface area contributed by atoms with Crippen molar-refractivity contribution >= 4 is 33.5 Å². The topological polar surface area (TPSA) is 86.0 Å². The Morgan fingerprint density at radius 3 is 2.41 bits per heavy atom. The van der Waals surface area contributed by atoms with Gasteiger partial charge >= 0.3 is 6.18 Å². The van der Waals surface area contributed by atoms with Crippen molar-refractivity contribution in [2.24, 2.45) is 5.10 Å². The Bertz CT molecular complexity index is 920. The number of ether oxygens (including phenoxy) is 2. The van der Waals surface area contributed by atoms with Crippen molar-refractivity contribution in [1.82, 2.24) is 0 Å². The van der Waals surface area contributed by atoms with Gasteiger partial charge in [-0.15, -0.1) is 0 Å². The lowest BCUT2D eigenvalue weighted by Gasteiger charge is -2.12. The summed E-state index contributed by atoms with van der Waals surface area (Å²) in [4.78, 5) is 10.2. The summed E-state index contributed by atoms with van der Waals surface area (Å²) < 4.78 is 50.0. The largest absolute Gasteiger partial charge is 0.493 e. The molecule has 0 aliphatic carbocycles. The molecule has 0 aliphatic heterocycles. The van der Waals surface area contributed by atoms with Crippen LogP contribution in [0.4, 0.5) is 24.5 Å². The maximum atomic E-state index is 12.8. The van der Waals surface area contributed by atoms with Crippen LogP contribution in [0.25, 0.3) is 0 Å². The van der Waals surface area contributed by atoms with Crippen molar-refractivity contribution in [3.63, 3.8) is 0 Å². The number of rotatable bonds is 8. The summed E-state index contributed by atoms with van der Waals surface area (Å²) in [5.74, 6) is 1.03. The van der Waals surface area contributed by atoms with Crippen LogP contribution in [0.1, 0.15) is 25.0 Å². The van der Waals surface area contributed by atoms with E-state index in [1.165, 1.54) is 6.21 Å². The molecular formula is C18H17BrF3N3O4. The molecule has 0 radical (unpaired) electrons. The number of nitrogens with zero attached hydrogens (tertiary/aromatic N) is 2. The Morgan fingerprint density at radius 1 is 1.17 bits per heavy atom. The Kier molecular flexibility index (Phi) is 7.43. The van der Waals surface area contributed by atoms with E-state index >= 15 is 0 Å². The molecule has 29 heavy (non-hydrogen) atoms. The highest BCUT2D eigenvalue weighted by molar-refractivity contribution is 9.10. The average Bonchev–Trinajstić information content (AvgIpc) is 2.64.